The number of rotatable bonds is 8. The number of amides is 1. The minimum Gasteiger partial charge on any atom is -0.435 e. The van der Waals surface area contributed by atoms with E-state index in [1.54, 1.807) is 12.1 Å². The van der Waals surface area contributed by atoms with Gasteiger partial charge in [-0.05, 0) is 24.1 Å². The van der Waals surface area contributed by atoms with Crippen LogP contribution in [-0.2, 0) is 11.2 Å². The summed E-state index contributed by atoms with van der Waals surface area (Å²) in [7, 11) is 0. The second kappa shape index (κ2) is 8.63. The van der Waals surface area contributed by atoms with E-state index in [-0.39, 0.29) is 17.4 Å². The van der Waals surface area contributed by atoms with Gasteiger partial charge in [0, 0.05) is 6.54 Å². The van der Waals surface area contributed by atoms with Crippen molar-refractivity contribution in [3.63, 3.8) is 0 Å². The van der Waals surface area contributed by atoms with Gasteiger partial charge in [0.05, 0.1) is 5.75 Å². The van der Waals surface area contributed by atoms with Gasteiger partial charge in [-0.1, -0.05) is 35.2 Å². The summed E-state index contributed by atoms with van der Waals surface area (Å²) in [5.74, 6) is 0.220. The van der Waals surface area contributed by atoms with Crippen molar-refractivity contribution in [3.8, 4) is 5.75 Å². The summed E-state index contributed by atoms with van der Waals surface area (Å²) in [4.78, 5) is 11.7. The molecule has 0 aliphatic heterocycles. The number of nitrogens with one attached hydrogen (secondary N) is 1. The molecule has 0 radical (unpaired) electrons. The number of ether oxygens (including phenoxy) is 1. The molecule has 1 aromatic heterocycles. The lowest BCUT2D eigenvalue weighted by atomic mass is 10.1. The summed E-state index contributed by atoms with van der Waals surface area (Å²) in [5.41, 5.74) is 6.36. The first-order valence-electron chi connectivity index (χ1n) is 6.55. The van der Waals surface area contributed by atoms with Gasteiger partial charge in [-0.25, -0.2) is 0 Å². The highest BCUT2D eigenvalue weighted by Crippen LogP contribution is 2.23. The van der Waals surface area contributed by atoms with Crippen molar-refractivity contribution in [1.29, 1.82) is 0 Å². The van der Waals surface area contributed by atoms with Crippen molar-refractivity contribution in [2.24, 2.45) is 0 Å². The maximum absolute atomic E-state index is 12.0. The first-order valence-corrected chi connectivity index (χ1v) is 8.35. The van der Waals surface area contributed by atoms with Crippen LogP contribution < -0.4 is 15.8 Å². The highest BCUT2D eigenvalue weighted by Gasteiger charge is 2.07. The van der Waals surface area contributed by atoms with Crippen LogP contribution in [0.1, 0.15) is 5.56 Å². The van der Waals surface area contributed by atoms with Crippen molar-refractivity contribution in [3.05, 3.63) is 29.8 Å². The number of nitrogens with zero attached hydrogens (tertiary/aromatic N) is 2. The monoisotopic (exact) mass is 360 g/mol. The number of hydrogen-bond donors (Lipinski definition) is 2. The minimum atomic E-state index is -2.83. The Morgan fingerprint density at radius 1 is 1.35 bits per heavy atom. The van der Waals surface area contributed by atoms with Crippen molar-refractivity contribution in [2.45, 2.75) is 17.4 Å². The summed E-state index contributed by atoms with van der Waals surface area (Å²) >= 11 is 2.50. The predicted molar refractivity (Wildman–Crippen MR) is 84.8 cm³/mol. The van der Waals surface area contributed by atoms with E-state index in [1.165, 1.54) is 35.2 Å². The Kier molecular flexibility index (Phi) is 6.53. The van der Waals surface area contributed by atoms with Crippen molar-refractivity contribution >= 4 is 34.1 Å². The van der Waals surface area contributed by atoms with Gasteiger partial charge in [-0.3, -0.25) is 4.79 Å². The summed E-state index contributed by atoms with van der Waals surface area (Å²) in [6.45, 7) is -2.38. The van der Waals surface area contributed by atoms with Gasteiger partial charge in [0.25, 0.3) is 0 Å². The van der Waals surface area contributed by atoms with Crippen molar-refractivity contribution in [2.75, 3.05) is 18.0 Å². The normalized spacial score (nSPS) is 10.7. The van der Waals surface area contributed by atoms with Crippen molar-refractivity contribution in [1.82, 2.24) is 15.5 Å². The number of aromatic nitrogens is 2. The topological polar surface area (TPSA) is 90.1 Å². The van der Waals surface area contributed by atoms with Crippen LogP contribution >= 0.6 is 23.1 Å². The van der Waals surface area contributed by atoms with E-state index in [9.17, 15) is 13.6 Å². The SMILES string of the molecule is Nc1nnc(SCC(=O)NCCc2ccc(OC(F)F)cc2)s1. The Morgan fingerprint density at radius 3 is 2.70 bits per heavy atom. The molecule has 0 atom stereocenters. The van der Waals surface area contributed by atoms with E-state index in [4.69, 9.17) is 5.73 Å². The van der Waals surface area contributed by atoms with Crippen LogP contribution in [0.25, 0.3) is 0 Å². The molecule has 0 aliphatic rings. The van der Waals surface area contributed by atoms with Gasteiger partial charge >= 0.3 is 6.61 Å². The Balaban J connectivity index is 1.66. The van der Waals surface area contributed by atoms with Crippen LogP contribution in [0.4, 0.5) is 13.9 Å². The zero-order valence-corrected chi connectivity index (χ0v) is 13.5. The highest BCUT2D eigenvalue weighted by atomic mass is 32.2. The van der Waals surface area contributed by atoms with Gasteiger partial charge < -0.3 is 15.8 Å². The molecule has 2 rings (SSSR count). The van der Waals surface area contributed by atoms with Crippen LogP contribution in [0, 0.1) is 0 Å². The average molecular weight is 360 g/mol. The molecule has 0 spiro atoms. The van der Waals surface area contributed by atoms with Crippen LogP contribution in [0.2, 0.25) is 0 Å². The zero-order chi connectivity index (χ0) is 16.7. The number of alkyl halides is 2. The molecular weight excluding hydrogens is 346 g/mol. The quantitative estimate of drug-likeness (QED) is 0.701. The average Bonchev–Trinajstić information content (AvgIpc) is 2.92. The highest BCUT2D eigenvalue weighted by molar-refractivity contribution is 8.01. The van der Waals surface area contributed by atoms with Gasteiger partial charge in [0.15, 0.2) is 4.34 Å². The number of anilines is 1. The lowest BCUT2D eigenvalue weighted by Gasteiger charge is -2.07. The second-order valence-corrected chi connectivity index (χ2v) is 6.55. The molecule has 23 heavy (non-hydrogen) atoms. The van der Waals surface area contributed by atoms with E-state index < -0.39 is 6.61 Å². The van der Waals surface area contributed by atoms with E-state index >= 15 is 0 Å². The predicted octanol–water partition coefficient (Wildman–Crippen LogP) is 2.17. The number of halogens is 2. The van der Waals surface area contributed by atoms with E-state index in [1.807, 2.05) is 0 Å². The van der Waals surface area contributed by atoms with Gasteiger partial charge in [-0.2, -0.15) is 8.78 Å². The minimum absolute atomic E-state index is 0.112. The summed E-state index contributed by atoms with van der Waals surface area (Å²) in [5, 5.41) is 10.6. The third kappa shape index (κ3) is 6.37. The zero-order valence-electron chi connectivity index (χ0n) is 11.9. The Bertz CT molecular complexity index is 637. The fraction of sp³-hybridized carbons (Fsp3) is 0.308. The lowest BCUT2D eigenvalue weighted by molar-refractivity contribution is -0.118. The van der Waals surface area contributed by atoms with Crippen LogP contribution in [0.3, 0.4) is 0 Å². The van der Waals surface area contributed by atoms with E-state index in [0.29, 0.717) is 22.4 Å². The fourth-order valence-electron chi connectivity index (χ4n) is 1.64. The molecule has 0 fully saturated rings. The summed E-state index contributed by atoms with van der Waals surface area (Å²) < 4.78 is 29.0. The number of carbonyl (C=O) groups excluding carboxylic acids is 1. The van der Waals surface area contributed by atoms with Gasteiger partial charge in [-0.15, -0.1) is 10.2 Å². The first-order chi connectivity index (χ1) is 11.0. The molecule has 0 unspecified atom stereocenters. The number of nitrogens with two attached hydrogens (primary N) is 1. The maximum Gasteiger partial charge on any atom is 0.387 e. The molecule has 0 bridgehead atoms. The summed E-state index contributed by atoms with van der Waals surface area (Å²) in [6.07, 6.45) is 0.594. The molecule has 1 amide bonds. The standard InChI is InChI=1S/C13H14F2N4O2S2/c14-11(15)21-9-3-1-8(2-4-9)5-6-17-10(20)7-22-13-19-18-12(16)23-13/h1-4,11H,5-7H2,(H2,16,18)(H,17,20). The lowest BCUT2D eigenvalue weighted by Crippen LogP contribution is -2.27. The van der Waals surface area contributed by atoms with Crippen LogP contribution in [-0.4, -0.2) is 35.0 Å². The van der Waals surface area contributed by atoms with E-state index in [0.717, 1.165) is 5.56 Å². The van der Waals surface area contributed by atoms with Crippen molar-refractivity contribution < 1.29 is 18.3 Å². The molecule has 0 saturated carbocycles. The summed E-state index contributed by atoms with van der Waals surface area (Å²) in [6, 6.07) is 6.31. The Hall–Kier alpha value is -1.94. The molecular formula is C13H14F2N4O2S2. The number of thioether (sulfide) groups is 1. The number of carbonyl (C=O) groups is 1. The largest absolute Gasteiger partial charge is 0.435 e. The molecule has 3 N–H and O–H groups in total. The van der Waals surface area contributed by atoms with Gasteiger partial charge in [0.2, 0.25) is 11.0 Å². The molecule has 1 heterocycles. The molecule has 0 saturated heterocycles. The number of benzene rings is 1. The third-order valence-electron chi connectivity index (χ3n) is 2.63. The maximum atomic E-state index is 12.0. The number of hydrogen-bond acceptors (Lipinski definition) is 7. The molecule has 2 aromatic rings. The van der Waals surface area contributed by atoms with E-state index in [2.05, 4.69) is 20.3 Å². The smallest absolute Gasteiger partial charge is 0.387 e. The molecule has 1 aromatic carbocycles. The molecule has 10 heteroatoms. The number of nitrogen functional groups attached to an aromatic ring is 1. The molecule has 124 valence electrons. The molecule has 6 nitrogen and oxygen atoms in total. The van der Waals surface area contributed by atoms with Crippen LogP contribution in [0.15, 0.2) is 28.6 Å². The Labute approximate surface area is 139 Å². The second-order valence-electron chi connectivity index (χ2n) is 4.32. The van der Waals surface area contributed by atoms with Crippen LogP contribution in [0.5, 0.6) is 5.75 Å². The first kappa shape index (κ1) is 17.4. The molecule has 0 aliphatic carbocycles. The van der Waals surface area contributed by atoms with Gasteiger partial charge in [0.1, 0.15) is 5.75 Å². The Morgan fingerprint density at radius 2 is 2.09 bits per heavy atom. The fourth-order valence-corrected chi connectivity index (χ4v) is 3.11. The third-order valence-corrected chi connectivity index (χ3v) is 4.52.